The van der Waals surface area contributed by atoms with Crippen molar-refractivity contribution in [1.82, 2.24) is 15.0 Å². The third-order valence-corrected chi connectivity index (χ3v) is 12.7. The lowest BCUT2D eigenvalue weighted by molar-refractivity contribution is 0.663. The van der Waals surface area contributed by atoms with Gasteiger partial charge in [0.2, 0.25) is 0 Å². The summed E-state index contributed by atoms with van der Waals surface area (Å²) in [4.78, 5) is 17.8. The molecule has 0 saturated carbocycles. The molecule has 272 valence electrons. The number of rotatable bonds is 7. The van der Waals surface area contributed by atoms with E-state index in [2.05, 4.69) is 136 Å². The van der Waals surface area contributed by atoms with Crippen LogP contribution in [-0.2, 0) is 5.41 Å². The van der Waals surface area contributed by atoms with Crippen molar-refractivity contribution in [2.75, 3.05) is 0 Å². The maximum absolute atomic E-state index is 5.10. The Morgan fingerprint density at radius 1 is 0.561 bits per heavy atom. The monoisotopic (exact) mass is 749 g/mol. The van der Waals surface area contributed by atoms with E-state index < -0.39 is 0 Å². The quantitative estimate of drug-likeness (QED) is 0.120. The lowest BCUT2D eigenvalue weighted by Gasteiger charge is -2.24. The van der Waals surface area contributed by atoms with Crippen molar-refractivity contribution in [1.29, 1.82) is 0 Å². The third-order valence-electron chi connectivity index (χ3n) is 11.4. The summed E-state index contributed by atoms with van der Waals surface area (Å²) in [6.07, 6.45) is 7.70. The molecule has 1 aliphatic carbocycles. The Balaban J connectivity index is 1.21. The molecule has 10 rings (SSSR count). The maximum atomic E-state index is 5.10. The van der Waals surface area contributed by atoms with E-state index >= 15 is 0 Å². The number of nitrogens with zero attached hydrogens (tertiary/aromatic N) is 3. The molecule has 0 saturated heterocycles. The first kappa shape index (κ1) is 34.7. The van der Waals surface area contributed by atoms with Crippen molar-refractivity contribution in [3.8, 4) is 54.8 Å². The number of aromatic nitrogens is 3. The van der Waals surface area contributed by atoms with E-state index in [1.165, 1.54) is 69.9 Å². The van der Waals surface area contributed by atoms with E-state index in [4.69, 9.17) is 15.0 Å². The largest absolute Gasteiger partial charge is 0.208 e. The number of allylic oxidation sites excluding steroid dienone is 5. The number of thiophene rings is 1. The predicted molar refractivity (Wildman–Crippen MR) is 243 cm³/mol. The molecular formula is C53H39N3S. The van der Waals surface area contributed by atoms with E-state index in [1.54, 1.807) is 6.08 Å². The molecule has 0 N–H and O–H groups in total. The second kappa shape index (κ2) is 13.8. The Labute approximate surface area is 337 Å². The Bertz CT molecular complexity index is 3090. The standard InChI is InChI=1S/C53H39N3S/c1-5-7-18-33(6-2)50-54-51(34-19-9-8-10-20-34)56-52(55-50)37-22-17-21-35(31-37)46-47-49(43-27-15-16-28-45(43)53(47,3)4)57-48(46)36-29-30-42-40-25-12-11-23-38(40)39-24-13-14-26-41(39)44(42)32-36/h5-32H,1H2,2-4H3/b18-7-,33-6+. The number of hydrogen-bond acceptors (Lipinski definition) is 4. The van der Waals surface area contributed by atoms with Crippen molar-refractivity contribution >= 4 is 49.2 Å². The summed E-state index contributed by atoms with van der Waals surface area (Å²) < 4.78 is 0. The average Bonchev–Trinajstić information content (AvgIpc) is 3.78. The van der Waals surface area contributed by atoms with Crippen LogP contribution in [0, 0.1) is 0 Å². The molecule has 0 amide bonds. The first-order valence-corrected chi connectivity index (χ1v) is 20.2. The van der Waals surface area contributed by atoms with Crippen LogP contribution >= 0.6 is 11.3 Å². The summed E-state index contributed by atoms with van der Waals surface area (Å²) in [6.45, 7) is 10.6. The molecular weight excluding hydrogens is 711 g/mol. The topological polar surface area (TPSA) is 38.7 Å². The maximum Gasteiger partial charge on any atom is 0.164 e. The van der Waals surface area contributed by atoms with Gasteiger partial charge in [-0.05, 0) is 79.2 Å². The van der Waals surface area contributed by atoms with Gasteiger partial charge in [0.05, 0.1) is 0 Å². The van der Waals surface area contributed by atoms with Gasteiger partial charge in [-0.3, -0.25) is 0 Å². The number of hydrogen-bond donors (Lipinski definition) is 0. The van der Waals surface area contributed by atoms with Gasteiger partial charge in [0.15, 0.2) is 17.5 Å². The second-order valence-corrected chi connectivity index (χ2v) is 16.1. The molecule has 57 heavy (non-hydrogen) atoms. The Morgan fingerprint density at radius 3 is 1.86 bits per heavy atom. The van der Waals surface area contributed by atoms with Crippen molar-refractivity contribution in [3.05, 3.63) is 193 Å². The summed E-state index contributed by atoms with van der Waals surface area (Å²) in [5, 5.41) is 7.66. The van der Waals surface area contributed by atoms with Crippen molar-refractivity contribution in [2.24, 2.45) is 0 Å². The smallest absolute Gasteiger partial charge is 0.164 e. The SMILES string of the molecule is C=C/C=C\C(=C/C)c1nc(-c2ccccc2)nc(-c2cccc(-c3c(-c4ccc5c6ccccc6c6ccccc6c5c4)sc4c3C(C)(C)c3ccccc3-4)c2)n1. The van der Waals surface area contributed by atoms with Gasteiger partial charge in [0.25, 0.3) is 0 Å². The summed E-state index contributed by atoms with van der Waals surface area (Å²) in [7, 11) is 0. The highest BCUT2D eigenvalue weighted by molar-refractivity contribution is 7.20. The number of benzene rings is 7. The zero-order chi connectivity index (χ0) is 38.7. The fourth-order valence-electron chi connectivity index (χ4n) is 8.74. The zero-order valence-electron chi connectivity index (χ0n) is 32.1. The van der Waals surface area contributed by atoms with Gasteiger partial charge in [-0.25, -0.2) is 15.0 Å². The molecule has 9 aromatic rings. The molecule has 0 bridgehead atoms. The number of fused-ring (bicyclic) bond motifs is 9. The molecule has 0 fully saturated rings. The van der Waals surface area contributed by atoms with Gasteiger partial charge in [0, 0.05) is 37.4 Å². The lowest BCUT2D eigenvalue weighted by atomic mass is 9.79. The van der Waals surface area contributed by atoms with Crippen LogP contribution in [0.5, 0.6) is 0 Å². The Kier molecular flexibility index (Phi) is 8.39. The molecule has 3 nitrogen and oxygen atoms in total. The van der Waals surface area contributed by atoms with Crippen molar-refractivity contribution in [3.63, 3.8) is 0 Å². The van der Waals surface area contributed by atoms with Crippen LogP contribution in [0.25, 0.3) is 92.7 Å². The van der Waals surface area contributed by atoms with Crippen LogP contribution in [0.15, 0.2) is 176 Å². The van der Waals surface area contributed by atoms with E-state index in [1.807, 2.05) is 66.8 Å². The Morgan fingerprint density at radius 2 is 1.16 bits per heavy atom. The van der Waals surface area contributed by atoms with Gasteiger partial charge in [0.1, 0.15) is 0 Å². The fraction of sp³-hybridized carbons (Fsp3) is 0.0755. The molecule has 0 unspecified atom stereocenters. The summed E-state index contributed by atoms with van der Waals surface area (Å²) >= 11 is 1.91. The first-order chi connectivity index (χ1) is 27.9. The highest BCUT2D eigenvalue weighted by Crippen LogP contribution is 2.59. The Hall–Kier alpha value is -6.75. The third kappa shape index (κ3) is 5.67. The van der Waals surface area contributed by atoms with Crippen molar-refractivity contribution < 1.29 is 0 Å². The van der Waals surface area contributed by atoms with E-state index in [0.29, 0.717) is 17.5 Å². The minimum absolute atomic E-state index is 0.203. The highest BCUT2D eigenvalue weighted by atomic mass is 32.1. The molecule has 2 aromatic heterocycles. The minimum Gasteiger partial charge on any atom is -0.208 e. The van der Waals surface area contributed by atoms with Crippen LogP contribution in [0.1, 0.15) is 37.7 Å². The van der Waals surface area contributed by atoms with Crippen LogP contribution in [0.4, 0.5) is 0 Å². The molecule has 0 radical (unpaired) electrons. The molecule has 7 aromatic carbocycles. The lowest BCUT2D eigenvalue weighted by Crippen LogP contribution is -2.15. The first-order valence-electron chi connectivity index (χ1n) is 19.4. The van der Waals surface area contributed by atoms with Gasteiger partial charge in [-0.15, -0.1) is 11.3 Å². The van der Waals surface area contributed by atoms with Gasteiger partial charge < -0.3 is 0 Å². The summed E-state index contributed by atoms with van der Waals surface area (Å²) in [5.74, 6) is 1.89. The highest BCUT2D eigenvalue weighted by Gasteiger charge is 2.41. The normalized spacial score (nSPS) is 13.4. The van der Waals surface area contributed by atoms with Gasteiger partial charge >= 0.3 is 0 Å². The molecule has 4 heteroatoms. The fourth-order valence-corrected chi connectivity index (χ4v) is 10.3. The second-order valence-electron chi connectivity index (χ2n) is 15.1. The van der Waals surface area contributed by atoms with E-state index in [9.17, 15) is 0 Å². The van der Waals surface area contributed by atoms with E-state index in [0.717, 1.165) is 22.3 Å². The summed E-state index contributed by atoms with van der Waals surface area (Å²) in [5.41, 5.74) is 10.3. The van der Waals surface area contributed by atoms with Crippen LogP contribution in [0.3, 0.4) is 0 Å². The zero-order valence-corrected chi connectivity index (χ0v) is 32.9. The summed E-state index contributed by atoms with van der Waals surface area (Å²) in [6, 6.07) is 52.6. The molecule has 1 aliphatic rings. The van der Waals surface area contributed by atoms with E-state index in [-0.39, 0.29) is 5.41 Å². The predicted octanol–water partition coefficient (Wildman–Crippen LogP) is 14.5. The molecule has 0 atom stereocenters. The average molecular weight is 750 g/mol. The minimum atomic E-state index is -0.203. The van der Waals surface area contributed by atoms with Crippen LogP contribution in [0.2, 0.25) is 0 Å². The molecule has 2 heterocycles. The van der Waals surface area contributed by atoms with Gasteiger partial charge in [-0.1, -0.05) is 178 Å². The van der Waals surface area contributed by atoms with Gasteiger partial charge in [-0.2, -0.15) is 0 Å². The van der Waals surface area contributed by atoms with Crippen LogP contribution in [-0.4, -0.2) is 15.0 Å². The molecule has 0 aliphatic heterocycles. The van der Waals surface area contributed by atoms with Crippen molar-refractivity contribution in [2.45, 2.75) is 26.2 Å². The van der Waals surface area contributed by atoms with Crippen LogP contribution < -0.4 is 0 Å². The molecule has 0 spiro atoms.